The highest BCUT2D eigenvalue weighted by atomic mass is 28.4. The number of ether oxygens (including phenoxy) is 4. The van der Waals surface area contributed by atoms with Crippen LogP contribution in [0.1, 0.15) is 38.0 Å². The van der Waals surface area contributed by atoms with E-state index < -0.39 is 14.4 Å². The van der Waals surface area contributed by atoms with Gasteiger partial charge in [-0.05, 0) is 54.0 Å². The summed E-state index contributed by atoms with van der Waals surface area (Å²) in [5.74, 6) is 2.70. The van der Waals surface area contributed by atoms with Gasteiger partial charge in [0.1, 0.15) is 17.6 Å². The van der Waals surface area contributed by atoms with Crippen LogP contribution in [0.15, 0.2) is 30.3 Å². The summed E-state index contributed by atoms with van der Waals surface area (Å²) < 4.78 is 28.2. The van der Waals surface area contributed by atoms with E-state index in [1.165, 1.54) is 0 Å². The second kappa shape index (κ2) is 9.18. The van der Waals surface area contributed by atoms with Crippen molar-refractivity contribution in [3.8, 4) is 28.7 Å². The number of aliphatic hydroxyl groups is 1. The van der Waals surface area contributed by atoms with Crippen molar-refractivity contribution in [2.75, 3.05) is 28.4 Å². The van der Waals surface area contributed by atoms with Gasteiger partial charge in [0.2, 0.25) is 14.1 Å². The lowest BCUT2D eigenvalue weighted by molar-refractivity contribution is 0.214. The van der Waals surface area contributed by atoms with E-state index in [1.807, 2.05) is 12.1 Å². The molecule has 0 amide bonds. The average molecular weight is 435 g/mol. The summed E-state index contributed by atoms with van der Waals surface area (Å²) in [6, 6.07) is 8.98. The number of hydrogen-bond donors (Lipinski definition) is 1. The van der Waals surface area contributed by atoms with Gasteiger partial charge in [-0.25, -0.2) is 0 Å². The van der Waals surface area contributed by atoms with Crippen LogP contribution in [0.25, 0.3) is 0 Å². The molecule has 0 aliphatic heterocycles. The molecule has 0 saturated carbocycles. The first-order valence-electron chi connectivity index (χ1n) is 9.84. The highest BCUT2D eigenvalue weighted by Crippen LogP contribution is 2.44. The Bertz CT molecular complexity index is 847. The topological polar surface area (TPSA) is 66.4 Å². The van der Waals surface area contributed by atoms with Crippen molar-refractivity contribution in [1.29, 1.82) is 0 Å². The molecule has 2 aromatic rings. The Morgan fingerprint density at radius 2 is 1.37 bits per heavy atom. The van der Waals surface area contributed by atoms with E-state index in [2.05, 4.69) is 33.9 Å². The van der Waals surface area contributed by atoms with E-state index in [4.69, 9.17) is 23.4 Å². The number of rotatable bonds is 8. The van der Waals surface area contributed by atoms with E-state index in [9.17, 15) is 5.11 Å². The highest BCUT2D eigenvalue weighted by Gasteiger charge is 2.39. The molecule has 0 saturated heterocycles. The molecular formula is C23H34O6Si. The van der Waals surface area contributed by atoms with Gasteiger partial charge < -0.3 is 28.5 Å². The van der Waals surface area contributed by atoms with Crippen LogP contribution in [0.3, 0.4) is 0 Å². The summed E-state index contributed by atoms with van der Waals surface area (Å²) in [6.45, 7) is 10.9. The quantitative estimate of drug-likeness (QED) is 0.577. The van der Waals surface area contributed by atoms with E-state index in [1.54, 1.807) is 46.6 Å². The van der Waals surface area contributed by atoms with Crippen LogP contribution in [0.5, 0.6) is 28.7 Å². The molecule has 0 radical (unpaired) electrons. The van der Waals surface area contributed by atoms with Crippen molar-refractivity contribution in [3.63, 3.8) is 0 Å². The molecule has 0 aliphatic carbocycles. The van der Waals surface area contributed by atoms with Crippen LogP contribution in [0, 0.1) is 0 Å². The summed E-state index contributed by atoms with van der Waals surface area (Å²) in [5, 5.41) is 11.3. The van der Waals surface area contributed by atoms with Gasteiger partial charge in [0.25, 0.3) is 0 Å². The number of aliphatic hydroxyl groups excluding tert-OH is 1. The van der Waals surface area contributed by atoms with Crippen LogP contribution < -0.4 is 23.4 Å². The van der Waals surface area contributed by atoms with Gasteiger partial charge in [-0.3, -0.25) is 0 Å². The predicted octanol–water partition coefficient (Wildman–Crippen LogP) is 5.19. The maximum atomic E-state index is 11.3. The van der Waals surface area contributed by atoms with E-state index in [0.29, 0.717) is 39.9 Å². The largest absolute Gasteiger partial charge is 0.543 e. The number of hydrogen-bond acceptors (Lipinski definition) is 6. The predicted molar refractivity (Wildman–Crippen MR) is 121 cm³/mol. The average Bonchev–Trinajstić information content (AvgIpc) is 2.71. The van der Waals surface area contributed by atoms with Crippen LogP contribution >= 0.6 is 0 Å². The molecule has 2 rings (SSSR count). The number of benzene rings is 2. The first-order chi connectivity index (χ1) is 14.0. The van der Waals surface area contributed by atoms with Crippen molar-refractivity contribution in [2.45, 2.75) is 45.0 Å². The lowest BCUT2D eigenvalue weighted by Crippen LogP contribution is -2.44. The van der Waals surface area contributed by atoms with Crippen LogP contribution in [0.4, 0.5) is 0 Å². The Balaban J connectivity index is 2.60. The minimum atomic E-state index is -2.12. The van der Waals surface area contributed by atoms with Gasteiger partial charge in [0.15, 0.2) is 11.5 Å². The minimum Gasteiger partial charge on any atom is -0.543 e. The Morgan fingerprint density at radius 1 is 0.800 bits per heavy atom. The fourth-order valence-corrected chi connectivity index (χ4v) is 3.87. The van der Waals surface area contributed by atoms with Crippen molar-refractivity contribution >= 4 is 8.32 Å². The smallest absolute Gasteiger partial charge is 0.250 e. The third kappa shape index (κ3) is 4.84. The Morgan fingerprint density at radius 3 is 1.80 bits per heavy atom. The van der Waals surface area contributed by atoms with Crippen molar-refractivity contribution in [2.24, 2.45) is 0 Å². The molecule has 1 unspecified atom stereocenters. The van der Waals surface area contributed by atoms with Crippen LogP contribution in [0.2, 0.25) is 18.1 Å². The van der Waals surface area contributed by atoms with Gasteiger partial charge in [0, 0.05) is 5.56 Å². The Labute approximate surface area is 180 Å². The second-order valence-electron chi connectivity index (χ2n) is 8.63. The van der Waals surface area contributed by atoms with Gasteiger partial charge >= 0.3 is 0 Å². The molecule has 2 aromatic carbocycles. The van der Waals surface area contributed by atoms with Crippen molar-refractivity contribution in [3.05, 3.63) is 41.5 Å². The molecule has 0 fully saturated rings. The van der Waals surface area contributed by atoms with Gasteiger partial charge in [-0.1, -0.05) is 20.8 Å². The van der Waals surface area contributed by atoms with Crippen LogP contribution in [-0.4, -0.2) is 41.9 Å². The fourth-order valence-electron chi connectivity index (χ4n) is 2.83. The molecule has 6 nitrogen and oxygen atoms in total. The minimum absolute atomic E-state index is 0.0156. The van der Waals surface area contributed by atoms with Crippen molar-refractivity contribution in [1.82, 2.24) is 0 Å². The highest BCUT2D eigenvalue weighted by molar-refractivity contribution is 6.74. The second-order valence-corrected chi connectivity index (χ2v) is 13.4. The van der Waals surface area contributed by atoms with Gasteiger partial charge in [0.05, 0.1) is 28.4 Å². The molecule has 0 bridgehead atoms. The molecule has 1 atom stereocenters. The van der Waals surface area contributed by atoms with E-state index in [0.717, 1.165) is 0 Å². The zero-order valence-electron chi connectivity index (χ0n) is 19.5. The maximum absolute atomic E-state index is 11.3. The lowest BCUT2D eigenvalue weighted by atomic mass is 9.99. The maximum Gasteiger partial charge on any atom is 0.250 e. The third-order valence-corrected chi connectivity index (χ3v) is 10.0. The first-order valence-corrected chi connectivity index (χ1v) is 12.7. The Hall–Kier alpha value is -2.38. The summed E-state index contributed by atoms with van der Waals surface area (Å²) in [6.07, 6.45) is -0.978. The number of methoxy groups -OCH3 is 4. The molecule has 1 N–H and O–H groups in total. The molecule has 30 heavy (non-hydrogen) atoms. The molecule has 0 spiro atoms. The SMILES string of the molecule is COc1ccc(O[Si](C)(C)C(C)(C)C)c(C(O)c2cc(OC)c(OC)c(OC)c2)c1. The fraction of sp³-hybridized carbons (Fsp3) is 0.478. The molecule has 7 heteroatoms. The zero-order chi connectivity index (χ0) is 22.7. The Kier molecular flexibility index (Phi) is 7.31. The first kappa shape index (κ1) is 23.9. The third-order valence-electron chi connectivity index (χ3n) is 5.69. The summed E-state index contributed by atoms with van der Waals surface area (Å²) in [4.78, 5) is 0. The van der Waals surface area contributed by atoms with E-state index in [-0.39, 0.29) is 5.04 Å². The standard InChI is InChI=1S/C23H34O6Si/c1-23(2,3)30(8,9)29-18-11-10-16(25-4)14-17(18)21(24)15-12-19(26-5)22(28-7)20(13-15)27-6/h10-14,21,24H,1-9H3. The summed E-state index contributed by atoms with van der Waals surface area (Å²) in [5.41, 5.74) is 1.21. The van der Waals surface area contributed by atoms with Crippen LogP contribution in [-0.2, 0) is 0 Å². The monoisotopic (exact) mass is 434 g/mol. The lowest BCUT2D eigenvalue weighted by Gasteiger charge is -2.37. The molecule has 0 aliphatic rings. The molecule has 0 aromatic heterocycles. The van der Waals surface area contributed by atoms with Gasteiger partial charge in [-0.15, -0.1) is 0 Å². The molecule has 166 valence electrons. The zero-order valence-corrected chi connectivity index (χ0v) is 20.5. The molecular weight excluding hydrogens is 400 g/mol. The van der Waals surface area contributed by atoms with Crippen molar-refractivity contribution < 1.29 is 28.5 Å². The van der Waals surface area contributed by atoms with Gasteiger partial charge in [-0.2, -0.15) is 0 Å². The summed E-state index contributed by atoms with van der Waals surface area (Å²) >= 11 is 0. The molecule has 0 heterocycles. The summed E-state index contributed by atoms with van der Waals surface area (Å²) in [7, 11) is 4.11. The normalized spacial score (nSPS) is 12.9. The van der Waals surface area contributed by atoms with E-state index >= 15 is 0 Å².